The molecule has 1 aromatic rings. The van der Waals surface area contributed by atoms with Gasteiger partial charge in [-0.1, -0.05) is 0 Å². The van der Waals surface area contributed by atoms with Crippen LogP contribution in [0.4, 0.5) is 0 Å². The van der Waals surface area contributed by atoms with Gasteiger partial charge >= 0.3 is 0 Å². The number of imidazole rings is 1. The number of aryl methyl sites for hydroxylation is 2. The van der Waals surface area contributed by atoms with Crippen molar-refractivity contribution < 1.29 is 9.53 Å². The lowest BCUT2D eigenvalue weighted by Crippen LogP contribution is -2.09. The Morgan fingerprint density at radius 1 is 1.69 bits per heavy atom. The van der Waals surface area contributed by atoms with Crippen molar-refractivity contribution in [3.63, 3.8) is 0 Å². The van der Waals surface area contributed by atoms with Crippen molar-refractivity contribution in [1.82, 2.24) is 9.55 Å². The van der Waals surface area contributed by atoms with Gasteiger partial charge < -0.3 is 9.30 Å². The van der Waals surface area contributed by atoms with Crippen LogP contribution in [0.5, 0.6) is 0 Å². The maximum absolute atomic E-state index is 11.1. The van der Waals surface area contributed by atoms with Crippen molar-refractivity contribution in [2.24, 2.45) is 7.05 Å². The molecular weight excluding hydrogens is 168 g/mol. The quantitative estimate of drug-likeness (QED) is 0.668. The summed E-state index contributed by atoms with van der Waals surface area (Å²) in [4.78, 5) is 15.2. The van der Waals surface area contributed by atoms with E-state index in [1.54, 1.807) is 6.20 Å². The highest BCUT2D eigenvalue weighted by molar-refractivity contribution is 5.79. The summed E-state index contributed by atoms with van der Waals surface area (Å²) in [5.41, 5.74) is 0. The molecule has 0 atom stereocenters. The smallest absolute Gasteiger partial charge is 0.158 e. The predicted octanol–water partition coefficient (Wildman–Crippen LogP) is 0.568. The van der Waals surface area contributed by atoms with Gasteiger partial charge in [0.15, 0.2) is 5.78 Å². The van der Waals surface area contributed by atoms with Gasteiger partial charge in [0, 0.05) is 39.4 Å². The summed E-state index contributed by atoms with van der Waals surface area (Å²) in [7, 11) is 3.45. The molecule has 0 unspecified atom stereocenters. The first-order valence-electron chi connectivity index (χ1n) is 4.21. The van der Waals surface area contributed by atoms with Crippen LogP contribution in [0.15, 0.2) is 12.4 Å². The molecule has 4 nitrogen and oxygen atoms in total. The Morgan fingerprint density at radius 2 is 2.46 bits per heavy atom. The minimum atomic E-state index is 0.116. The van der Waals surface area contributed by atoms with Crippen molar-refractivity contribution in [2.45, 2.75) is 12.8 Å². The molecule has 72 valence electrons. The van der Waals surface area contributed by atoms with Gasteiger partial charge in [0.05, 0.1) is 0 Å². The number of rotatable bonds is 5. The van der Waals surface area contributed by atoms with Crippen LogP contribution in [-0.2, 0) is 23.0 Å². The number of aromatic nitrogens is 2. The predicted molar refractivity (Wildman–Crippen MR) is 48.4 cm³/mol. The van der Waals surface area contributed by atoms with Gasteiger partial charge in [-0.3, -0.25) is 4.79 Å². The Hall–Kier alpha value is -1.16. The van der Waals surface area contributed by atoms with Crippen molar-refractivity contribution in [3.8, 4) is 0 Å². The third kappa shape index (κ3) is 2.99. The Labute approximate surface area is 77.5 Å². The van der Waals surface area contributed by atoms with Gasteiger partial charge in [0.2, 0.25) is 0 Å². The summed E-state index contributed by atoms with van der Waals surface area (Å²) in [6, 6.07) is 0. The minimum absolute atomic E-state index is 0.116. The number of methoxy groups -OCH3 is 1. The SMILES string of the molecule is COCC(=O)CCc1nccn1C. The fourth-order valence-corrected chi connectivity index (χ4v) is 1.12. The third-order valence-corrected chi connectivity index (χ3v) is 1.85. The van der Waals surface area contributed by atoms with Gasteiger partial charge in [-0.15, -0.1) is 0 Å². The summed E-state index contributed by atoms with van der Waals surface area (Å²) in [6.07, 6.45) is 4.79. The van der Waals surface area contributed by atoms with E-state index in [1.807, 2.05) is 17.8 Å². The number of carbonyl (C=O) groups excluding carboxylic acids is 1. The lowest BCUT2D eigenvalue weighted by molar-refractivity contribution is -0.122. The van der Waals surface area contributed by atoms with E-state index < -0.39 is 0 Å². The molecule has 0 radical (unpaired) electrons. The maximum Gasteiger partial charge on any atom is 0.158 e. The first-order chi connectivity index (χ1) is 6.24. The molecule has 1 rings (SSSR count). The molecule has 0 spiro atoms. The zero-order chi connectivity index (χ0) is 9.68. The number of nitrogens with zero attached hydrogens (tertiary/aromatic N) is 2. The van der Waals surface area contributed by atoms with Crippen LogP contribution in [0.1, 0.15) is 12.2 Å². The molecule has 0 saturated carbocycles. The minimum Gasteiger partial charge on any atom is -0.377 e. The molecule has 0 saturated heterocycles. The second-order valence-corrected chi connectivity index (χ2v) is 2.93. The van der Waals surface area contributed by atoms with Crippen molar-refractivity contribution in [3.05, 3.63) is 18.2 Å². The Morgan fingerprint density at radius 3 is 3.00 bits per heavy atom. The van der Waals surface area contributed by atoms with E-state index in [0.29, 0.717) is 12.8 Å². The Balaban J connectivity index is 2.35. The molecule has 0 fully saturated rings. The van der Waals surface area contributed by atoms with Crippen LogP contribution in [0.3, 0.4) is 0 Å². The first kappa shape index (κ1) is 9.92. The molecule has 0 aliphatic carbocycles. The van der Waals surface area contributed by atoms with Crippen LogP contribution in [-0.4, -0.2) is 29.1 Å². The van der Waals surface area contributed by atoms with Crippen LogP contribution in [0.2, 0.25) is 0 Å². The maximum atomic E-state index is 11.1. The highest BCUT2D eigenvalue weighted by atomic mass is 16.5. The zero-order valence-electron chi connectivity index (χ0n) is 7.99. The standard InChI is InChI=1S/C9H14N2O2/c1-11-6-5-10-9(11)4-3-8(12)7-13-2/h5-6H,3-4,7H2,1-2H3. The molecule has 0 aliphatic heterocycles. The fraction of sp³-hybridized carbons (Fsp3) is 0.556. The lowest BCUT2D eigenvalue weighted by atomic mass is 10.2. The summed E-state index contributed by atoms with van der Waals surface area (Å²) >= 11 is 0. The van der Waals surface area contributed by atoms with E-state index >= 15 is 0 Å². The molecule has 1 heterocycles. The van der Waals surface area contributed by atoms with Crippen molar-refractivity contribution in [1.29, 1.82) is 0 Å². The van der Waals surface area contributed by atoms with Gasteiger partial charge in [-0.05, 0) is 0 Å². The van der Waals surface area contributed by atoms with Gasteiger partial charge in [0.25, 0.3) is 0 Å². The molecular formula is C9H14N2O2. The van der Waals surface area contributed by atoms with Crippen molar-refractivity contribution >= 4 is 5.78 Å². The van der Waals surface area contributed by atoms with E-state index in [2.05, 4.69) is 4.98 Å². The molecule has 0 aliphatic rings. The number of carbonyl (C=O) groups is 1. The second kappa shape index (κ2) is 4.77. The molecule has 1 aromatic heterocycles. The van der Waals surface area contributed by atoms with Gasteiger partial charge in [0.1, 0.15) is 12.4 Å². The molecule has 0 N–H and O–H groups in total. The molecule has 13 heavy (non-hydrogen) atoms. The average Bonchev–Trinajstić information content (AvgIpc) is 2.48. The van der Waals surface area contributed by atoms with E-state index in [1.165, 1.54) is 7.11 Å². The molecule has 0 aromatic carbocycles. The van der Waals surface area contributed by atoms with Gasteiger partial charge in [-0.25, -0.2) is 4.98 Å². The number of ether oxygens (including phenoxy) is 1. The fourth-order valence-electron chi connectivity index (χ4n) is 1.12. The Bertz CT molecular complexity index is 281. The second-order valence-electron chi connectivity index (χ2n) is 2.93. The number of hydrogen-bond acceptors (Lipinski definition) is 3. The van der Waals surface area contributed by atoms with Gasteiger partial charge in [-0.2, -0.15) is 0 Å². The number of Topliss-reactive ketones (excluding diaryl/α,β-unsaturated/α-hetero) is 1. The van der Waals surface area contributed by atoms with Crippen LogP contribution in [0, 0.1) is 0 Å². The Kier molecular flexibility index (Phi) is 3.64. The summed E-state index contributed by atoms with van der Waals surface area (Å²) in [6.45, 7) is 0.199. The zero-order valence-corrected chi connectivity index (χ0v) is 7.99. The largest absolute Gasteiger partial charge is 0.377 e. The topological polar surface area (TPSA) is 44.1 Å². The van der Waals surface area contributed by atoms with E-state index in [9.17, 15) is 4.79 Å². The summed E-state index contributed by atoms with van der Waals surface area (Å²) in [5, 5.41) is 0. The normalized spacial score (nSPS) is 10.3. The number of hydrogen-bond donors (Lipinski definition) is 0. The molecule has 0 amide bonds. The number of ketones is 1. The molecule has 4 heteroatoms. The summed E-state index contributed by atoms with van der Waals surface area (Å²) in [5.74, 6) is 1.05. The van der Waals surface area contributed by atoms with Crippen LogP contribution < -0.4 is 0 Å². The lowest BCUT2D eigenvalue weighted by Gasteiger charge is -2.00. The average molecular weight is 182 g/mol. The van der Waals surface area contributed by atoms with E-state index in [4.69, 9.17) is 4.74 Å². The first-order valence-corrected chi connectivity index (χ1v) is 4.21. The van der Waals surface area contributed by atoms with E-state index in [-0.39, 0.29) is 12.4 Å². The molecule has 0 bridgehead atoms. The van der Waals surface area contributed by atoms with Crippen LogP contribution >= 0.6 is 0 Å². The highest BCUT2D eigenvalue weighted by Crippen LogP contribution is 1.99. The highest BCUT2D eigenvalue weighted by Gasteiger charge is 2.04. The monoisotopic (exact) mass is 182 g/mol. The van der Waals surface area contributed by atoms with E-state index in [0.717, 1.165) is 5.82 Å². The summed E-state index contributed by atoms with van der Waals surface area (Å²) < 4.78 is 6.64. The van der Waals surface area contributed by atoms with Crippen LogP contribution in [0.25, 0.3) is 0 Å². The van der Waals surface area contributed by atoms with Crippen molar-refractivity contribution in [2.75, 3.05) is 13.7 Å². The third-order valence-electron chi connectivity index (χ3n) is 1.85.